The maximum Gasteiger partial charge on any atom is 0.398 e. The highest BCUT2D eigenvalue weighted by Gasteiger charge is 2.27. The van der Waals surface area contributed by atoms with Crippen LogP contribution in [-0.2, 0) is 6.54 Å². The molecule has 0 aliphatic heterocycles. The Kier molecular flexibility index (Phi) is 5.30. The number of hydrogen-bond donors (Lipinski definition) is 2. The SMILES string of the molecule is CCNCc1cn[nH]c1-c1ccc(SCC(F)(F)F)cc1. The lowest BCUT2D eigenvalue weighted by atomic mass is 10.1. The number of H-pyrrole nitrogens is 1. The molecular weight excluding hydrogens is 299 g/mol. The minimum atomic E-state index is -4.15. The van der Waals surface area contributed by atoms with Gasteiger partial charge in [0.1, 0.15) is 0 Å². The Bertz CT molecular complexity index is 564. The number of benzene rings is 1. The first-order valence-electron chi connectivity index (χ1n) is 6.52. The summed E-state index contributed by atoms with van der Waals surface area (Å²) in [7, 11) is 0. The fourth-order valence-electron chi connectivity index (χ4n) is 1.84. The zero-order valence-corrected chi connectivity index (χ0v) is 12.3. The third-order valence-corrected chi connectivity index (χ3v) is 3.91. The van der Waals surface area contributed by atoms with Crippen LogP contribution in [0.3, 0.4) is 0 Å². The number of nitrogens with zero attached hydrogens (tertiary/aromatic N) is 1. The summed E-state index contributed by atoms with van der Waals surface area (Å²) in [4.78, 5) is 0.601. The van der Waals surface area contributed by atoms with E-state index in [0.717, 1.165) is 35.1 Å². The van der Waals surface area contributed by atoms with Crippen molar-refractivity contribution in [3.63, 3.8) is 0 Å². The first-order valence-corrected chi connectivity index (χ1v) is 7.51. The average Bonchev–Trinajstić information content (AvgIpc) is 2.91. The number of thioether (sulfide) groups is 1. The number of alkyl halides is 3. The Balaban J connectivity index is 2.07. The first-order chi connectivity index (χ1) is 9.99. The molecule has 0 fully saturated rings. The first kappa shape index (κ1) is 15.9. The van der Waals surface area contributed by atoms with Crippen LogP contribution in [0.2, 0.25) is 0 Å². The molecule has 1 aromatic carbocycles. The fourth-order valence-corrected chi connectivity index (χ4v) is 2.50. The highest BCUT2D eigenvalue weighted by molar-refractivity contribution is 7.99. The van der Waals surface area contributed by atoms with Crippen molar-refractivity contribution in [2.24, 2.45) is 0 Å². The van der Waals surface area contributed by atoms with E-state index in [9.17, 15) is 13.2 Å². The average molecular weight is 315 g/mol. The summed E-state index contributed by atoms with van der Waals surface area (Å²) in [6.45, 7) is 3.58. The number of hydrogen-bond acceptors (Lipinski definition) is 3. The molecule has 2 N–H and O–H groups in total. The highest BCUT2D eigenvalue weighted by atomic mass is 32.2. The van der Waals surface area contributed by atoms with Gasteiger partial charge in [0.15, 0.2) is 0 Å². The van der Waals surface area contributed by atoms with Crippen LogP contribution >= 0.6 is 11.8 Å². The van der Waals surface area contributed by atoms with Gasteiger partial charge >= 0.3 is 6.18 Å². The van der Waals surface area contributed by atoms with Gasteiger partial charge in [-0.15, -0.1) is 11.8 Å². The van der Waals surface area contributed by atoms with Crippen molar-refractivity contribution >= 4 is 11.8 Å². The van der Waals surface area contributed by atoms with E-state index in [-0.39, 0.29) is 0 Å². The van der Waals surface area contributed by atoms with Crippen molar-refractivity contribution in [2.45, 2.75) is 24.5 Å². The van der Waals surface area contributed by atoms with E-state index in [4.69, 9.17) is 0 Å². The lowest BCUT2D eigenvalue weighted by molar-refractivity contribution is -0.105. The standard InChI is InChI=1S/C14H16F3N3S/c1-2-18-7-11-8-19-20-13(11)10-3-5-12(6-4-10)21-9-14(15,16)17/h3-6,8,18H,2,7,9H2,1H3,(H,19,20). The summed E-state index contributed by atoms with van der Waals surface area (Å²) < 4.78 is 36.5. The number of rotatable bonds is 6. The van der Waals surface area contributed by atoms with Gasteiger partial charge in [0, 0.05) is 17.0 Å². The van der Waals surface area contributed by atoms with E-state index in [1.165, 1.54) is 0 Å². The Morgan fingerprint density at radius 3 is 2.57 bits per heavy atom. The summed E-state index contributed by atoms with van der Waals surface area (Å²) in [5.74, 6) is -0.873. The molecule has 0 aliphatic carbocycles. The Morgan fingerprint density at radius 2 is 1.95 bits per heavy atom. The second-order valence-corrected chi connectivity index (χ2v) is 5.53. The summed E-state index contributed by atoms with van der Waals surface area (Å²) >= 11 is 0.788. The summed E-state index contributed by atoms with van der Waals surface area (Å²) in [5, 5.41) is 10.2. The maximum atomic E-state index is 12.2. The number of halogens is 3. The van der Waals surface area contributed by atoms with Gasteiger partial charge in [0.05, 0.1) is 17.6 Å². The largest absolute Gasteiger partial charge is 0.398 e. The molecule has 114 valence electrons. The van der Waals surface area contributed by atoms with E-state index >= 15 is 0 Å². The Labute approximate surface area is 125 Å². The van der Waals surface area contributed by atoms with E-state index < -0.39 is 11.9 Å². The van der Waals surface area contributed by atoms with E-state index in [1.54, 1.807) is 18.3 Å². The smallest absolute Gasteiger partial charge is 0.313 e. The molecule has 0 amide bonds. The molecule has 2 rings (SSSR count). The van der Waals surface area contributed by atoms with Crippen molar-refractivity contribution in [3.8, 4) is 11.3 Å². The molecule has 0 saturated heterocycles. The monoisotopic (exact) mass is 315 g/mol. The van der Waals surface area contributed by atoms with Crippen molar-refractivity contribution in [3.05, 3.63) is 36.0 Å². The van der Waals surface area contributed by atoms with Gasteiger partial charge in [-0.25, -0.2) is 0 Å². The van der Waals surface area contributed by atoms with E-state index in [0.29, 0.717) is 11.4 Å². The molecular formula is C14H16F3N3S. The molecule has 1 aromatic heterocycles. The van der Waals surface area contributed by atoms with Crippen molar-refractivity contribution < 1.29 is 13.2 Å². The second-order valence-electron chi connectivity index (χ2n) is 4.48. The van der Waals surface area contributed by atoms with Gasteiger partial charge in [-0.05, 0) is 24.2 Å². The van der Waals surface area contributed by atoms with E-state index in [1.807, 2.05) is 19.1 Å². The molecule has 0 radical (unpaired) electrons. The van der Waals surface area contributed by atoms with Crippen LogP contribution < -0.4 is 5.32 Å². The van der Waals surface area contributed by atoms with E-state index in [2.05, 4.69) is 15.5 Å². The van der Waals surface area contributed by atoms with Crippen LogP contribution in [0.25, 0.3) is 11.3 Å². The molecule has 0 unspecified atom stereocenters. The lowest BCUT2D eigenvalue weighted by Crippen LogP contribution is -2.11. The quantitative estimate of drug-likeness (QED) is 0.796. The zero-order chi connectivity index (χ0) is 15.3. The molecule has 0 spiro atoms. The third-order valence-electron chi connectivity index (χ3n) is 2.83. The molecule has 0 bridgehead atoms. The predicted molar refractivity (Wildman–Crippen MR) is 78.2 cm³/mol. The van der Waals surface area contributed by atoms with Gasteiger partial charge in [0.2, 0.25) is 0 Å². The third kappa shape index (κ3) is 4.78. The Morgan fingerprint density at radius 1 is 1.24 bits per heavy atom. The van der Waals surface area contributed by atoms with Crippen LogP contribution in [-0.4, -0.2) is 28.7 Å². The van der Waals surface area contributed by atoms with Crippen LogP contribution in [0, 0.1) is 0 Å². The van der Waals surface area contributed by atoms with Crippen LogP contribution in [0.15, 0.2) is 35.4 Å². The molecule has 1 heterocycles. The minimum Gasteiger partial charge on any atom is -0.313 e. The topological polar surface area (TPSA) is 40.7 Å². The van der Waals surface area contributed by atoms with Gasteiger partial charge < -0.3 is 5.32 Å². The molecule has 7 heteroatoms. The van der Waals surface area contributed by atoms with Crippen molar-refractivity contribution in [2.75, 3.05) is 12.3 Å². The maximum absolute atomic E-state index is 12.2. The minimum absolute atomic E-state index is 0.601. The zero-order valence-electron chi connectivity index (χ0n) is 11.5. The summed E-state index contributed by atoms with van der Waals surface area (Å²) in [6.07, 6.45) is -2.39. The van der Waals surface area contributed by atoms with Gasteiger partial charge in [-0.3, -0.25) is 5.10 Å². The van der Waals surface area contributed by atoms with Gasteiger partial charge in [-0.2, -0.15) is 18.3 Å². The molecule has 0 saturated carbocycles. The molecule has 21 heavy (non-hydrogen) atoms. The molecule has 3 nitrogen and oxygen atoms in total. The predicted octanol–water partition coefficient (Wildman–Crippen LogP) is 3.84. The number of aromatic nitrogens is 2. The molecule has 2 aromatic rings. The van der Waals surface area contributed by atoms with Gasteiger partial charge in [-0.1, -0.05) is 19.1 Å². The van der Waals surface area contributed by atoms with Crippen LogP contribution in [0.5, 0.6) is 0 Å². The second kappa shape index (κ2) is 7.00. The highest BCUT2D eigenvalue weighted by Crippen LogP contribution is 2.29. The summed E-state index contributed by atoms with van der Waals surface area (Å²) in [6, 6.07) is 7.01. The van der Waals surface area contributed by atoms with Crippen LogP contribution in [0.1, 0.15) is 12.5 Å². The van der Waals surface area contributed by atoms with Gasteiger partial charge in [0.25, 0.3) is 0 Å². The molecule has 0 aliphatic rings. The van der Waals surface area contributed by atoms with Crippen molar-refractivity contribution in [1.82, 2.24) is 15.5 Å². The lowest BCUT2D eigenvalue weighted by Gasteiger charge is -2.07. The van der Waals surface area contributed by atoms with Crippen molar-refractivity contribution in [1.29, 1.82) is 0 Å². The number of aromatic amines is 1. The molecule has 0 atom stereocenters. The fraction of sp³-hybridized carbons (Fsp3) is 0.357. The summed E-state index contributed by atoms with van der Waals surface area (Å²) in [5.41, 5.74) is 2.84. The van der Waals surface area contributed by atoms with Crippen LogP contribution in [0.4, 0.5) is 13.2 Å². The Hall–Kier alpha value is -1.47. The normalized spacial score (nSPS) is 11.8. The number of nitrogens with one attached hydrogen (secondary N) is 2.